The fourth-order valence-electron chi connectivity index (χ4n) is 2.83. The van der Waals surface area contributed by atoms with E-state index in [2.05, 4.69) is 10.6 Å². The monoisotopic (exact) mass is 429 g/mol. The fraction of sp³-hybridized carbons (Fsp3) is 0.318. The number of hydrogen-bond donors (Lipinski definition) is 3. The summed E-state index contributed by atoms with van der Waals surface area (Å²) < 4.78 is 12.3. The summed E-state index contributed by atoms with van der Waals surface area (Å²) in [5.41, 5.74) is 6.33. The summed E-state index contributed by atoms with van der Waals surface area (Å²) in [4.78, 5) is 36.6. The Balaban J connectivity index is 1.77. The van der Waals surface area contributed by atoms with E-state index >= 15 is 0 Å². The average Bonchev–Trinajstić information content (AvgIpc) is 2.76. The lowest BCUT2D eigenvalue weighted by Crippen LogP contribution is -2.45. The first kappa shape index (κ1) is 23.3. The fourth-order valence-corrected chi connectivity index (χ4v) is 3.98. The first-order valence-corrected chi connectivity index (χ1v) is 11.0. The molecule has 0 saturated carbocycles. The molecule has 3 atom stereocenters. The molecule has 4 N–H and O–H groups in total. The van der Waals surface area contributed by atoms with E-state index in [0.717, 1.165) is 5.56 Å². The minimum absolute atomic E-state index is 0.00949. The Morgan fingerprint density at radius 2 is 1.43 bits per heavy atom. The van der Waals surface area contributed by atoms with Gasteiger partial charge in [-0.25, -0.2) is 0 Å². The molecule has 2 rings (SSSR count). The summed E-state index contributed by atoms with van der Waals surface area (Å²) >= 11 is 0. The van der Waals surface area contributed by atoms with E-state index in [9.17, 15) is 18.6 Å². The smallest absolute Gasteiger partial charge is 0.240 e. The van der Waals surface area contributed by atoms with Crippen molar-refractivity contribution in [1.82, 2.24) is 10.6 Å². The Morgan fingerprint density at radius 3 is 2.00 bits per heavy atom. The van der Waals surface area contributed by atoms with E-state index in [0.29, 0.717) is 4.90 Å². The van der Waals surface area contributed by atoms with Gasteiger partial charge in [-0.05, 0) is 31.0 Å². The number of hydrogen-bond acceptors (Lipinski definition) is 4. The molecule has 0 aliphatic rings. The summed E-state index contributed by atoms with van der Waals surface area (Å²) in [6.45, 7) is 1.86. The van der Waals surface area contributed by atoms with Gasteiger partial charge in [0.2, 0.25) is 17.7 Å². The molecule has 160 valence electrons. The van der Waals surface area contributed by atoms with Crippen molar-refractivity contribution in [2.75, 3.05) is 5.75 Å². The highest BCUT2D eigenvalue weighted by Gasteiger charge is 2.20. The van der Waals surface area contributed by atoms with Crippen LogP contribution in [0.15, 0.2) is 65.6 Å². The van der Waals surface area contributed by atoms with Crippen molar-refractivity contribution in [1.29, 1.82) is 0 Å². The minimum atomic E-state index is -1.29. The highest BCUT2D eigenvalue weighted by molar-refractivity contribution is 7.85. The van der Waals surface area contributed by atoms with Crippen LogP contribution >= 0.6 is 0 Å². The van der Waals surface area contributed by atoms with Crippen LogP contribution in [0.1, 0.15) is 37.8 Å². The molecular weight excluding hydrogens is 402 g/mol. The van der Waals surface area contributed by atoms with Crippen LogP contribution in [0.5, 0.6) is 0 Å². The zero-order valence-electron chi connectivity index (χ0n) is 16.9. The molecule has 0 spiro atoms. The zero-order valence-corrected chi connectivity index (χ0v) is 17.7. The van der Waals surface area contributed by atoms with Gasteiger partial charge in [0.05, 0.1) is 16.8 Å². The SMILES string of the molecule is C[C@@H](NC(=O)CCC(=O)N[C@@H](CC[S@](=O)c1ccccc1)C(N)=O)c1ccccc1. The third-order valence-corrected chi connectivity index (χ3v) is 5.94. The molecule has 7 nitrogen and oxygen atoms in total. The lowest BCUT2D eigenvalue weighted by molar-refractivity contribution is -0.129. The van der Waals surface area contributed by atoms with Gasteiger partial charge in [0.15, 0.2) is 0 Å². The van der Waals surface area contributed by atoms with E-state index in [-0.39, 0.29) is 37.0 Å². The zero-order chi connectivity index (χ0) is 21.9. The van der Waals surface area contributed by atoms with Gasteiger partial charge in [-0.15, -0.1) is 0 Å². The number of benzene rings is 2. The maximum Gasteiger partial charge on any atom is 0.240 e. The van der Waals surface area contributed by atoms with Gasteiger partial charge >= 0.3 is 0 Å². The van der Waals surface area contributed by atoms with E-state index in [1.807, 2.05) is 43.3 Å². The summed E-state index contributed by atoms with van der Waals surface area (Å²) in [6.07, 6.45) is 0.0726. The van der Waals surface area contributed by atoms with Crippen molar-refractivity contribution in [2.45, 2.75) is 43.2 Å². The maximum atomic E-state index is 12.3. The van der Waals surface area contributed by atoms with Crippen LogP contribution in [0, 0.1) is 0 Å². The number of nitrogens with two attached hydrogens (primary N) is 1. The second-order valence-electron chi connectivity index (χ2n) is 6.87. The van der Waals surface area contributed by atoms with Crippen LogP contribution in [0.25, 0.3) is 0 Å². The highest BCUT2D eigenvalue weighted by Crippen LogP contribution is 2.11. The first-order chi connectivity index (χ1) is 14.4. The topological polar surface area (TPSA) is 118 Å². The van der Waals surface area contributed by atoms with Crippen LogP contribution < -0.4 is 16.4 Å². The van der Waals surface area contributed by atoms with Crippen molar-refractivity contribution < 1.29 is 18.6 Å². The third kappa shape index (κ3) is 7.79. The Bertz CT molecular complexity index is 874. The van der Waals surface area contributed by atoms with Gasteiger partial charge in [-0.2, -0.15) is 0 Å². The molecule has 30 heavy (non-hydrogen) atoms. The van der Waals surface area contributed by atoms with Crippen LogP contribution in [0.4, 0.5) is 0 Å². The molecule has 2 aromatic carbocycles. The number of amides is 3. The molecule has 0 heterocycles. The van der Waals surface area contributed by atoms with Gasteiger partial charge in [0.25, 0.3) is 0 Å². The Morgan fingerprint density at radius 1 is 0.900 bits per heavy atom. The quantitative estimate of drug-likeness (QED) is 0.505. The second-order valence-corrected chi connectivity index (χ2v) is 8.44. The predicted molar refractivity (Wildman–Crippen MR) is 116 cm³/mol. The van der Waals surface area contributed by atoms with Crippen LogP contribution in [-0.2, 0) is 25.2 Å². The summed E-state index contributed by atoms with van der Waals surface area (Å²) in [6, 6.07) is 17.3. The van der Waals surface area contributed by atoms with Gasteiger partial charge in [0.1, 0.15) is 6.04 Å². The second kappa shape index (κ2) is 11.9. The number of rotatable bonds is 11. The normalized spacial score (nSPS) is 13.6. The lowest BCUT2D eigenvalue weighted by Gasteiger charge is -2.16. The van der Waals surface area contributed by atoms with Crippen LogP contribution in [0.3, 0.4) is 0 Å². The molecule has 8 heteroatoms. The standard InChI is InChI=1S/C22H27N3O4S/c1-16(17-8-4-2-5-9-17)24-20(26)12-13-21(27)25-19(22(23)28)14-15-30(29)18-10-6-3-7-11-18/h2-11,16,19H,12-15H2,1H3,(H2,23,28)(H,24,26)(H,25,27)/t16-,19+,30+/m1/s1. The van der Waals surface area contributed by atoms with Gasteiger partial charge in [-0.1, -0.05) is 48.5 Å². The Hall–Kier alpha value is -3.00. The van der Waals surface area contributed by atoms with Crippen molar-refractivity contribution in [2.24, 2.45) is 5.73 Å². The van der Waals surface area contributed by atoms with E-state index in [1.165, 1.54) is 0 Å². The third-order valence-electron chi connectivity index (χ3n) is 4.53. The molecule has 0 aliphatic carbocycles. The molecule has 0 fully saturated rings. The highest BCUT2D eigenvalue weighted by atomic mass is 32.2. The van der Waals surface area contributed by atoms with Crippen LogP contribution in [0.2, 0.25) is 0 Å². The van der Waals surface area contributed by atoms with Crippen LogP contribution in [-0.4, -0.2) is 33.7 Å². The van der Waals surface area contributed by atoms with Gasteiger partial charge in [0, 0.05) is 23.5 Å². The number of nitrogens with one attached hydrogen (secondary N) is 2. The summed E-state index contributed by atoms with van der Waals surface area (Å²) in [7, 11) is -1.29. The molecule has 0 radical (unpaired) electrons. The van der Waals surface area contributed by atoms with Crippen molar-refractivity contribution in [3.8, 4) is 0 Å². The van der Waals surface area contributed by atoms with Crippen molar-refractivity contribution in [3.63, 3.8) is 0 Å². The number of carbonyl (C=O) groups is 3. The van der Waals surface area contributed by atoms with E-state index in [4.69, 9.17) is 5.73 Å². The summed E-state index contributed by atoms with van der Waals surface area (Å²) in [5, 5.41) is 5.37. The number of primary amides is 1. The van der Waals surface area contributed by atoms with Crippen molar-refractivity contribution in [3.05, 3.63) is 66.2 Å². The predicted octanol–water partition coefficient (Wildman–Crippen LogP) is 1.81. The van der Waals surface area contributed by atoms with Crippen molar-refractivity contribution >= 4 is 28.5 Å². The van der Waals surface area contributed by atoms with Gasteiger partial charge < -0.3 is 16.4 Å². The molecule has 3 amide bonds. The summed E-state index contributed by atoms with van der Waals surface area (Å²) in [5.74, 6) is -1.22. The molecule has 0 bridgehead atoms. The van der Waals surface area contributed by atoms with Gasteiger partial charge in [-0.3, -0.25) is 18.6 Å². The maximum absolute atomic E-state index is 12.3. The number of carbonyl (C=O) groups excluding carboxylic acids is 3. The Labute approximate surface area is 178 Å². The lowest BCUT2D eigenvalue weighted by atomic mass is 10.1. The largest absolute Gasteiger partial charge is 0.368 e. The average molecular weight is 430 g/mol. The molecule has 0 aromatic heterocycles. The minimum Gasteiger partial charge on any atom is -0.368 e. The molecule has 0 unspecified atom stereocenters. The molecule has 2 aromatic rings. The molecule has 0 aliphatic heterocycles. The molecular formula is C22H27N3O4S. The first-order valence-electron chi connectivity index (χ1n) is 9.73. The van der Waals surface area contributed by atoms with E-state index in [1.54, 1.807) is 24.3 Å². The molecule has 0 saturated heterocycles. The van der Waals surface area contributed by atoms with E-state index < -0.39 is 28.7 Å². The Kier molecular flexibility index (Phi) is 9.21.